The number of rotatable bonds is 8. The Kier molecular flexibility index (Phi) is 5.77. The summed E-state index contributed by atoms with van der Waals surface area (Å²) in [7, 11) is 0. The Morgan fingerprint density at radius 3 is 2.80 bits per heavy atom. The lowest BCUT2D eigenvalue weighted by atomic mass is 10.1. The van der Waals surface area contributed by atoms with Crippen molar-refractivity contribution in [2.75, 3.05) is 19.8 Å². The minimum Gasteiger partial charge on any atom is -0.380 e. The molecular weight excluding hydrogens is 250 g/mol. The molecule has 2 aromatic rings. The van der Waals surface area contributed by atoms with Crippen LogP contribution in [0.3, 0.4) is 0 Å². The van der Waals surface area contributed by atoms with Crippen LogP contribution >= 0.6 is 0 Å². The zero-order valence-corrected chi connectivity index (χ0v) is 12.2. The minimum absolute atomic E-state index is 0.591. The molecule has 0 unspecified atom stereocenters. The Balaban J connectivity index is 1.78. The van der Waals surface area contributed by atoms with Crippen molar-refractivity contribution in [2.24, 2.45) is 5.92 Å². The van der Waals surface area contributed by atoms with Crippen molar-refractivity contribution < 1.29 is 4.74 Å². The molecule has 2 N–H and O–H groups in total. The molecule has 0 aliphatic heterocycles. The lowest BCUT2D eigenvalue weighted by molar-refractivity contribution is 0.111. The van der Waals surface area contributed by atoms with Crippen LogP contribution in [0.2, 0.25) is 0 Å². The number of nitrogens with zero attached hydrogens (tertiary/aromatic N) is 1. The molecule has 0 atom stereocenters. The summed E-state index contributed by atoms with van der Waals surface area (Å²) in [6, 6.07) is 10.3. The van der Waals surface area contributed by atoms with Gasteiger partial charge in [-0.15, -0.1) is 0 Å². The maximum atomic E-state index is 5.54. The molecule has 0 spiro atoms. The third-order valence-electron chi connectivity index (χ3n) is 2.97. The number of ether oxygens (including phenoxy) is 1. The molecule has 0 amide bonds. The third-order valence-corrected chi connectivity index (χ3v) is 2.97. The molecule has 1 aromatic carbocycles. The fourth-order valence-corrected chi connectivity index (χ4v) is 1.99. The fraction of sp³-hybridized carbons (Fsp3) is 0.438. The quantitative estimate of drug-likeness (QED) is 0.727. The van der Waals surface area contributed by atoms with E-state index in [1.165, 1.54) is 5.56 Å². The van der Waals surface area contributed by atoms with Gasteiger partial charge in [0.2, 0.25) is 0 Å². The van der Waals surface area contributed by atoms with E-state index in [1.54, 1.807) is 0 Å². The molecule has 4 nitrogen and oxygen atoms in total. The zero-order valence-electron chi connectivity index (χ0n) is 12.2. The average molecular weight is 273 g/mol. The van der Waals surface area contributed by atoms with Crippen molar-refractivity contribution in [2.45, 2.75) is 20.4 Å². The highest BCUT2D eigenvalue weighted by atomic mass is 16.5. The lowest BCUT2D eigenvalue weighted by Crippen LogP contribution is -2.20. The van der Waals surface area contributed by atoms with Gasteiger partial charge >= 0.3 is 0 Å². The third kappa shape index (κ3) is 4.47. The Morgan fingerprint density at radius 1 is 1.25 bits per heavy atom. The van der Waals surface area contributed by atoms with Gasteiger partial charge in [0.1, 0.15) is 0 Å². The second-order valence-corrected chi connectivity index (χ2v) is 5.28. The minimum atomic E-state index is 0.591. The molecule has 0 fully saturated rings. The number of benzene rings is 1. The summed E-state index contributed by atoms with van der Waals surface area (Å²) in [5.74, 6) is 0.591. The highest BCUT2D eigenvalue weighted by molar-refractivity contribution is 5.62. The van der Waals surface area contributed by atoms with Crippen LogP contribution in [0.1, 0.15) is 19.4 Å². The van der Waals surface area contributed by atoms with E-state index in [0.717, 1.165) is 37.6 Å². The Morgan fingerprint density at radius 2 is 2.05 bits per heavy atom. The van der Waals surface area contributed by atoms with Gasteiger partial charge < -0.3 is 10.1 Å². The van der Waals surface area contributed by atoms with Gasteiger partial charge in [0.05, 0.1) is 18.5 Å². The van der Waals surface area contributed by atoms with Crippen LogP contribution in [0.4, 0.5) is 0 Å². The number of aromatic amines is 1. The molecular formula is C16H23N3O. The SMILES string of the molecule is CC(C)COCCNCc1cn[nH]c1-c1ccccc1. The van der Waals surface area contributed by atoms with Gasteiger partial charge in [-0.3, -0.25) is 5.10 Å². The van der Waals surface area contributed by atoms with E-state index in [2.05, 4.69) is 41.5 Å². The maximum absolute atomic E-state index is 5.54. The van der Waals surface area contributed by atoms with Gasteiger partial charge in [0.15, 0.2) is 0 Å². The molecule has 4 heteroatoms. The van der Waals surface area contributed by atoms with Gasteiger partial charge in [0.25, 0.3) is 0 Å². The topological polar surface area (TPSA) is 49.9 Å². The van der Waals surface area contributed by atoms with Crippen LogP contribution < -0.4 is 5.32 Å². The summed E-state index contributed by atoms with van der Waals surface area (Å²) in [5.41, 5.74) is 3.43. The molecule has 0 bridgehead atoms. The number of nitrogens with one attached hydrogen (secondary N) is 2. The van der Waals surface area contributed by atoms with E-state index < -0.39 is 0 Å². The van der Waals surface area contributed by atoms with E-state index >= 15 is 0 Å². The van der Waals surface area contributed by atoms with Gasteiger partial charge in [-0.2, -0.15) is 5.10 Å². The number of hydrogen-bond acceptors (Lipinski definition) is 3. The summed E-state index contributed by atoms with van der Waals surface area (Å²) >= 11 is 0. The maximum Gasteiger partial charge on any atom is 0.0695 e. The molecule has 108 valence electrons. The average Bonchev–Trinajstić information content (AvgIpc) is 2.92. The Hall–Kier alpha value is -1.65. The highest BCUT2D eigenvalue weighted by Crippen LogP contribution is 2.20. The van der Waals surface area contributed by atoms with Crippen LogP contribution in [-0.4, -0.2) is 30.0 Å². The first-order chi connectivity index (χ1) is 9.77. The molecule has 0 radical (unpaired) electrons. The number of H-pyrrole nitrogens is 1. The zero-order chi connectivity index (χ0) is 14.2. The van der Waals surface area contributed by atoms with E-state index in [0.29, 0.717) is 5.92 Å². The normalized spacial score (nSPS) is 11.2. The van der Waals surface area contributed by atoms with Crippen molar-refractivity contribution in [3.8, 4) is 11.3 Å². The summed E-state index contributed by atoms with van der Waals surface area (Å²) < 4.78 is 5.54. The van der Waals surface area contributed by atoms with E-state index in [4.69, 9.17) is 4.74 Å². The van der Waals surface area contributed by atoms with Crippen molar-refractivity contribution in [1.82, 2.24) is 15.5 Å². The van der Waals surface area contributed by atoms with Crippen molar-refractivity contribution in [3.63, 3.8) is 0 Å². The predicted molar refractivity (Wildman–Crippen MR) is 81.4 cm³/mol. The first-order valence-corrected chi connectivity index (χ1v) is 7.13. The van der Waals surface area contributed by atoms with E-state index in [-0.39, 0.29) is 0 Å². The fourth-order valence-electron chi connectivity index (χ4n) is 1.99. The van der Waals surface area contributed by atoms with Gasteiger partial charge in [-0.1, -0.05) is 44.2 Å². The summed E-state index contributed by atoms with van der Waals surface area (Å²) in [6.07, 6.45) is 1.88. The summed E-state index contributed by atoms with van der Waals surface area (Å²) in [4.78, 5) is 0. The van der Waals surface area contributed by atoms with Crippen molar-refractivity contribution in [1.29, 1.82) is 0 Å². The molecule has 0 aliphatic carbocycles. The largest absolute Gasteiger partial charge is 0.380 e. The van der Waals surface area contributed by atoms with Crippen LogP contribution in [0.5, 0.6) is 0 Å². The second kappa shape index (κ2) is 7.82. The molecule has 1 aromatic heterocycles. The monoisotopic (exact) mass is 273 g/mol. The van der Waals surface area contributed by atoms with Crippen LogP contribution in [0.25, 0.3) is 11.3 Å². The van der Waals surface area contributed by atoms with Gasteiger partial charge in [0, 0.05) is 25.3 Å². The van der Waals surface area contributed by atoms with Gasteiger partial charge in [-0.25, -0.2) is 0 Å². The second-order valence-electron chi connectivity index (χ2n) is 5.28. The smallest absolute Gasteiger partial charge is 0.0695 e. The van der Waals surface area contributed by atoms with E-state index in [9.17, 15) is 0 Å². The number of aromatic nitrogens is 2. The Bertz CT molecular complexity index is 493. The highest BCUT2D eigenvalue weighted by Gasteiger charge is 2.06. The first kappa shape index (κ1) is 14.8. The summed E-state index contributed by atoms with van der Waals surface area (Å²) in [5, 5.41) is 10.6. The number of hydrogen-bond donors (Lipinski definition) is 2. The van der Waals surface area contributed by atoms with Crippen LogP contribution in [0.15, 0.2) is 36.5 Å². The summed E-state index contributed by atoms with van der Waals surface area (Å²) in [6.45, 7) is 7.54. The predicted octanol–water partition coefficient (Wildman–Crippen LogP) is 2.84. The molecule has 0 aliphatic rings. The molecule has 20 heavy (non-hydrogen) atoms. The van der Waals surface area contributed by atoms with Crippen LogP contribution in [0, 0.1) is 5.92 Å². The van der Waals surface area contributed by atoms with Crippen LogP contribution in [-0.2, 0) is 11.3 Å². The molecule has 1 heterocycles. The van der Waals surface area contributed by atoms with Crippen molar-refractivity contribution in [3.05, 3.63) is 42.1 Å². The van der Waals surface area contributed by atoms with Gasteiger partial charge in [-0.05, 0) is 11.5 Å². The Labute approximate surface area is 120 Å². The lowest BCUT2D eigenvalue weighted by Gasteiger charge is -2.08. The van der Waals surface area contributed by atoms with E-state index in [1.807, 2.05) is 24.4 Å². The molecule has 2 rings (SSSR count). The first-order valence-electron chi connectivity index (χ1n) is 7.13. The molecule has 0 saturated carbocycles. The molecule has 0 saturated heterocycles. The van der Waals surface area contributed by atoms with Crippen molar-refractivity contribution >= 4 is 0 Å². The standard InChI is InChI=1S/C16H23N3O/c1-13(2)12-20-9-8-17-10-15-11-18-19-16(15)14-6-4-3-5-7-14/h3-7,11,13,17H,8-10,12H2,1-2H3,(H,18,19).